The van der Waals surface area contributed by atoms with Crippen LogP contribution in [0.15, 0.2) is 54.7 Å². The van der Waals surface area contributed by atoms with Crippen LogP contribution in [-0.4, -0.2) is 28.5 Å². The smallest absolute Gasteiger partial charge is 0.322 e. The minimum absolute atomic E-state index is 0.400. The lowest BCUT2D eigenvalue weighted by atomic mass is 9.98. The third-order valence-electron chi connectivity index (χ3n) is 3.45. The summed E-state index contributed by atoms with van der Waals surface area (Å²) in [5.74, 6) is -1.47. The fraction of sp³-hybridized carbons (Fsp3) is 0.0588. The van der Waals surface area contributed by atoms with Crippen molar-refractivity contribution in [3.8, 4) is 11.1 Å². The Hall–Kier alpha value is -3.08. The van der Waals surface area contributed by atoms with E-state index in [-0.39, 0.29) is 0 Å². The molecule has 1 aromatic heterocycles. The number of rotatable bonds is 4. The zero-order valence-electron chi connectivity index (χ0n) is 11.7. The van der Waals surface area contributed by atoms with Gasteiger partial charge in [-0.3, -0.25) is 9.59 Å². The number of hydrogen-bond donors (Lipinski definition) is 3. The summed E-state index contributed by atoms with van der Waals surface area (Å²) in [5.41, 5.74) is 3.12. The highest BCUT2D eigenvalue weighted by Gasteiger charge is 2.15. The molecule has 0 saturated heterocycles. The van der Waals surface area contributed by atoms with E-state index in [2.05, 4.69) is 10.3 Å². The van der Waals surface area contributed by atoms with Gasteiger partial charge in [0.2, 0.25) is 0 Å². The SMILES string of the molecule is O=C(O)CNC(=O)c1ccccc1-c1c[nH]c2ccccc12. The minimum atomic E-state index is -1.07. The molecule has 0 saturated carbocycles. The average Bonchev–Trinajstić information content (AvgIpc) is 2.96. The summed E-state index contributed by atoms with van der Waals surface area (Å²) >= 11 is 0. The molecule has 22 heavy (non-hydrogen) atoms. The first kappa shape index (κ1) is 13.9. The number of carboxylic acid groups (broad SMARTS) is 1. The summed E-state index contributed by atoms with van der Waals surface area (Å²) in [7, 11) is 0. The number of carboxylic acids is 1. The molecular weight excluding hydrogens is 280 g/mol. The van der Waals surface area contributed by atoms with Gasteiger partial charge in [0.05, 0.1) is 0 Å². The van der Waals surface area contributed by atoms with E-state index in [1.807, 2.05) is 42.6 Å². The van der Waals surface area contributed by atoms with Gasteiger partial charge in [-0.15, -0.1) is 0 Å². The number of carbonyl (C=O) groups is 2. The molecule has 1 heterocycles. The zero-order valence-corrected chi connectivity index (χ0v) is 11.7. The Morgan fingerprint density at radius 3 is 2.55 bits per heavy atom. The van der Waals surface area contributed by atoms with Crippen molar-refractivity contribution >= 4 is 22.8 Å². The molecule has 0 radical (unpaired) electrons. The van der Waals surface area contributed by atoms with E-state index in [4.69, 9.17) is 5.11 Å². The van der Waals surface area contributed by atoms with E-state index in [0.717, 1.165) is 22.0 Å². The topological polar surface area (TPSA) is 82.2 Å². The highest BCUT2D eigenvalue weighted by Crippen LogP contribution is 2.30. The molecule has 5 heteroatoms. The summed E-state index contributed by atoms with van der Waals surface area (Å²) in [6, 6.07) is 15.0. The first-order valence-electron chi connectivity index (χ1n) is 6.82. The largest absolute Gasteiger partial charge is 0.480 e. The Balaban J connectivity index is 2.05. The molecule has 3 rings (SSSR count). The number of fused-ring (bicyclic) bond motifs is 1. The van der Waals surface area contributed by atoms with Crippen molar-refractivity contribution in [2.45, 2.75) is 0 Å². The van der Waals surface area contributed by atoms with Gasteiger partial charge >= 0.3 is 5.97 Å². The first-order valence-corrected chi connectivity index (χ1v) is 6.82. The molecule has 0 atom stereocenters. The molecule has 110 valence electrons. The maximum absolute atomic E-state index is 12.2. The van der Waals surface area contributed by atoms with Crippen LogP contribution in [0.4, 0.5) is 0 Å². The molecule has 2 aromatic carbocycles. The Morgan fingerprint density at radius 2 is 1.73 bits per heavy atom. The maximum atomic E-state index is 12.2. The van der Waals surface area contributed by atoms with E-state index in [9.17, 15) is 9.59 Å². The van der Waals surface area contributed by atoms with Crippen LogP contribution in [0.3, 0.4) is 0 Å². The Bertz CT molecular complexity index is 852. The van der Waals surface area contributed by atoms with Crippen molar-refractivity contribution in [3.63, 3.8) is 0 Å². The lowest BCUT2D eigenvalue weighted by molar-refractivity contribution is -0.135. The van der Waals surface area contributed by atoms with Crippen LogP contribution in [0.5, 0.6) is 0 Å². The molecule has 3 aromatic rings. The Morgan fingerprint density at radius 1 is 1.00 bits per heavy atom. The van der Waals surface area contributed by atoms with E-state index in [1.54, 1.807) is 12.1 Å². The van der Waals surface area contributed by atoms with E-state index in [1.165, 1.54) is 0 Å². The molecule has 0 spiro atoms. The summed E-state index contributed by atoms with van der Waals surface area (Å²) in [5, 5.41) is 12.1. The molecule has 3 N–H and O–H groups in total. The van der Waals surface area contributed by atoms with Gasteiger partial charge in [0.1, 0.15) is 6.54 Å². The fourth-order valence-corrected chi connectivity index (χ4v) is 2.46. The van der Waals surface area contributed by atoms with Gasteiger partial charge in [-0.05, 0) is 17.7 Å². The van der Waals surface area contributed by atoms with E-state index >= 15 is 0 Å². The van der Waals surface area contributed by atoms with Gasteiger partial charge in [0, 0.05) is 28.2 Å². The van der Waals surface area contributed by atoms with Crippen molar-refractivity contribution in [2.24, 2.45) is 0 Å². The molecule has 0 bridgehead atoms. The lowest BCUT2D eigenvalue weighted by Crippen LogP contribution is -2.29. The monoisotopic (exact) mass is 294 g/mol. The van der Waals surface area contributed by atoms with Crippen LogP contribution in [0.1, 0.15) is 10.4 Å². The molecule has 0 fully saturated rings. The number of nitrogens with one attached hydrogen (secondary N) is 2. The van der Waals surface area contributed by atoms with Gasteiger partial charge in [-0.25, -0.2) is 0 Å². The highest BCUT2D eigenvalue weighted by atomic mass is 16.4. The molecule has 0 aliphatic heterocycles. The highest BCUT2D eigenvalue weighted by molar-refractivity contribution is 6.06. The van der Waals surface area contributed by atoms with Gasteiger partial charge in [0.25, 0.3) is 5.91 Å². The minimum Gasteiger partial charge on any atom is -0.480 e. The first-order chi connectivity index (χ1) is 10.7. The van der Waals surface area contributed by atoms with Crippen molar-refractivity contribution in [3.05, 3.63) is 60.3 Å². The molecular formula is C17H14N2O3. The van der Waals surface area contributed by atoms with Crippen molar-refractivity contribution < 1.29 is 14.7 Å². The maximum Gasteiger partial charge on any atom is 0.322 e. The standard InChI is InChI=1S/C17H14N2O3/c20-16(21)10-19-17(22)13-7-2-1-5-11(13)14-9-18-15-8-4-3-6-12(14)15/h1-9,18H,10H2,(H,19,22)(H,20,21). The second kappa shape index (κ2) is 5.73. The van der Waals surface area contributed by atoms with E-state index < -0.39 is 18.4 Å². The fourth-order valence-electron chi connectivity index (χ4n) is 2.46. The van der Waals surface area contributed by atoms with Crippen LogP contribution in [0, 0.1) is 0 Å². The number of H-pyrrole nitrogens is 1. The van der Waals surface area contributed by atoms with Crippen LogP contribution in [0.25, 0.3) is 22.0 Å². The summed E-state index contributed by atoms with van der Waals surface area (Å²) in [6.07, 6.45) is 1.86. The number of para-hydroxylation sites is 1. The molecule has 0 aliphatic carbocycles. The summed E-state index contributed by atoms with van der Waals surface area (Å²) in [4.78, 5) is 26.0. The molecule has 0 unspecified atom stereocenters. The predicted octanol–water partition coefficient (Wildman–Crippen LogP) is 2.65. The second-order valence-electron chi connectivity index (χ2n) is 4.87. The Labute approximate surface area is 126 Å². The van der Waals surface area contributed by atoms with Gasteiger partial charge in [-0.2, -0.15) is 0 Å². The van der Waals surface area contributed by atoms with Crippen molar-refractivity contribution in [1.82, 2.24) is 10.3 Å². The molecule has 0 aliphatic rings. The number of hydrogen-bond acceptors (Lipinski definition) is 2. The van der Waals surface area contributed by atoms with Crippen molar-refractivity contribution in [1.29, 1.82) is 0 Å². The van der Waals surface area contributed by atoms with Crippen LogP contribution in [0.2, 0.25) is 0 Å². The number of aromatic nitrogens is 1. The normalized spacial score (nSPS) is 10.5. The number of aromatic amines is 1. The number of amides is 1. The average molecular weight is 294 g/mol. The summed E-state index contributed by atoms with van der Waals surface area (Å²) in [6.45, 7) is -0.402. The van der Waals surface area contributed by atoms with Crippen LogP contribution in [-0.2, 0) is 4.79 Å². The quantitative estimate of drug-likeness (QED) is 0.692. The second-order valence-corrected chi connectivity index (χ2v) is 4.87. The van der Waals surface area contributed by atoms with Gasteiger partial charge in [-0.1, -0.05) is 36.4 Å². The molecule has 5 nitrogen and oxygen atoms in total. The lowest BCUT2D eigenvalue weighted by Gasteiger charge is -2.08. The number of carbonyl (C=O) groups excluding carboxylic acids is 1. The van der Waals surface area contributed by atoms with Crippen molar-refractivity contribution in [2.75, 3.05) is 6.54 Å². The summed E-state index contributed by atoms with van der Waals surface area (Å²) < 4.78 is 0. The third kappa shape index (κ3) is 2.56. The Kier molecular flexibility index (Phi) is 3.62. The molecule has 1 amide bonds. The van der Waals surface area contributed by atoms with Gasteiger partial charge < -0.3 is 15.4 Å². The van der Waals surface area contributed by atoms with Crippen LogP contribution < -0.4 is 5.32 Å². The predicted molar refractivity (Wildman–Crippen MR) is 83.7 cm³/mol. The zero-order chi connectivity index (χ0) is 15.5. The van der Waals surface area contributed by atoms with E-state index in [0.29, 0.717) is 5.56 Å². The number of aliphatic carboxylic acids is 1. The third-order valence-corrected chi connectivity index (χ3v) is 3.45. The van der Waals surface area contributed by atoms with Gasteiger partial charge in [0.15, 0.2) is 0 Å². The number of benzene rings is 2. The van der Waals surface area contributed by atoms with Crippen LogP contribution >= 0.6 is 0 Å².